The zero-order valence-electron chi connectivity index (χ0n) is 22.0. The third kappa shape index (κ3) is 5.85. The number of benzene rings is 3. The highest BCUT2D eigenvalue weighted by molar-refractivity contribution is 6.03. The van der Waals surface area contributed by atoms with Crippen LogP contribution >= 0.6 is 0 Å². The van der Waals surface area contributed by atoms with Gasteiger partial charge in [0.1, 0.15) is 35.7 Å². The fourth-order valence-corrected chi connectivity index (χ4v) is 5.42. The molecule has 12 heteroatoms. The monoisotopic (exact) mass is 585 g/mol. The van der Waals surface area contributed by atoms with Crippen molar-refractivity contribution in [2.75, 3.05) is 4.90 Å². The van der Waals surface area contributed by atoms with Crippen molar-refractivity contribution in [3.63, 3.8) is 0 Å². The predicted molar refractivity (Wildman–Crippen MR) is 142 cm³/mol. The maximum absolute atomic E-state index is 13.7. The number of rotatable bonds is 9. The molecule has 3 aromatic carbocycles. The van der Waals surface area contributed by atoms with E-state index >= 15 is 0 Å². The van der Waals surface area contributed by atoms with Gasteiger partial charge < -0.3 is 39.9 Å². The Morgan fingerprint density at radius 2 is 1.48 bits per heavy atom. The number of phenolic OH excluding ortho intramolecular Hbond substituents is 1. The number of carbonyl (C=O) groups is 2. The van der Waals surface area contributed by atoms with Crippen molar-refractivity contribution in [2.45, 2.75) is 55.7 Å². The van der Waals surface area contributed by atoms with Gasteiger partial charge in [-0.2, -0.15) is 0 Å². The topological polar surface area (TPSA) is 157 Å². The summed E-state index contributed by atoms with van der Waals surface area (Å²) in [6.45, 7) is 0. The van der Waals surface area contributed by atoms with E-state index in [1.165, 1.54) is 65.6 Å². The number of carbonyl (C=O) groups excluding carboxylic acids is 1. The normalized spacial score (nSPS) is 28.3. The van der Waals surface area contributed by atoms with E-state index in [1.54, 1.807) is 12.1 Å². The Morgan fingerprint density at radius 1 is 0.881 bits per heavy atom. The van der Waals surface area contributed by atoms with Gasteiger partial charge in [-0.25, -0.2) is 13.6 Å². The van der Waals surface area contributed by atoms with Crippen LogP contribution in [0.15, 0.2) is 72.8 Å². The molecule has 3 aromatic rings. The summed E-state index contributed by atoms with van der Waals surface area (Å²) < 4.78 is 38.5. The van der Waals surface area contributed by atoms with Crippen LogP contribution in [0.1, 0.15) is 36.1 Å². The van der Waals surface area contributed by atoms with Crippen LogP contribution in [0.2, 0.25) is 0 Å². The summed E-state index contributed by atoms with van der Waals surface area (Å²) in [7, 11) is 0. The Kier molecular flexibility index (Phi) is 8.53. The van der Waals surface area contributed by atoms with Gasteiger partial charge in [0.05, 0.1) is 18.1 Å². The third-order valence-corrected chi connectivity index (χ3v) is 7.65. The van der Waals surface area contributed by atoms with Gasteiger partial charge >= 0.3 is 5.97 Å². The molecule has 1 amide bonds. The van der Waals surface area contributed by atoms with Gasteiger partial charge in [-0.15, -0.1) is 0 Å². The Balaban J connectivity index is 1.40. The number of amides is 1. The smallest absolute Gasteiger partial charge is 0.335 e. The standard InChI is InChI=1S/C30H29F2NO9/c31-17-5-1-15(2-6-17)22(41-30-26(37)24(35)25(36)27(42-30)29(39)40)14-13-21-23(16-3-11-20(34)12-4-16)33(28(21)38)19-9-7-18(32)8-10-19/h1-12,21-27,30,34-37H,13-14H2,(H,39,40)/t21-,22+,23-,24+,25+,26+,27?,30-/m1/s1. The maximum atomic E-state index is 13.7. The van der Waals surface area contributed by atoms with E-state index in [0.717, 1.165) is 0 Å². The molecule has 2 aliphatic heterocycles. The van der Waals surface area contributed by atoms with E-state index < -0.39 is 66.4 Å². The number of halogens is 2. The summed E-state index contributed by atoms with van der Waals surface area (Å²) in [6, 6.07) is 16.5. The minimum atomic E-state index is -1.90. The van der Waals surface area contributed by atoms with Crippen molar-refractivity contribution in [1.82, 2.24) is 0 Å². The maximum Gasteiger partial charge on any atom is 0.335 e. The molecular formula is C30H29F2NO9. The molecule has 222 valence electrons. The van der Waals surface area contributed by atoms with Crippen LogP contribution < -0.4 is 4.90 Å². The van der Waals surface area contributed by atoms with Gasteiger partial charge in [-0.3, -0.25) is 4.79 Å². The van der Waals surface area contributed by atoms with Crippen molar-refractivity contribution >= 4 is 17.6 Å². The van der Waals surface area contributed by atoms with Crippen molar-refractivity contribution in [3.8, 4) is 5.75 Å². The molecule has 0 saturated carbocycles. The van der Waals surface area contributed by atoms with Gasteiger partial charge in [0.15, 0.2) is 12.4 Å². The molecule has 0 radical (unpaired) electrons. The lowest BCUT2D eigenvalue weighted by molar-refractivity contribution is -0.306. The number of anilines is 1. The molecule has 10 nitrogen and oxygen atoms in total. The highest BCUT2D eigenvalue weighted by Crippen LogP contribution is 2.47. The van der Waals surface area contributed by atoms with E-state index in [4.69, 9.17) is 9.47 Å². The molecule has 1 unspecified atom stereocenters. The van der Waals surface area contributed by atoms with E-state index in [9.17, 15) is 43.9 Å². The van der Waals surface area contributed by atoms with E-state index in [2.05, 4.69) is 0 Å². The lowest BCUT2D eigenvalue weighted by Crippen LogP contribution is -2.60. The number of aliphatic carboxylic acids is 1. The van der Waals surface area contributed by atoms with Gasteiger partial charge in [0, 0.05) is 5.69 Å². The Labute approximate surface area is 239 Å². The quantitative estimate of drug-likeness (QED) is 0.238. The highest BCUT2D eigenvalue weighted by atomic mass is 19.1. The minimum absolute atomic E-state index is 0.0390. The third-order valence-electron chi connectivity index (χ3n) is 7.65. The van der Waals surface area contributed by atoms with Crippen LogP contribution in [0, 0.1) is 17.6 Å². The number of nitrogens with zero attached hydrogens (tertiary/aromatic N) is 1. The predicted octanol–water partition coefficient (Wildman–Crippen LogP) is 2.80. The van der Waals surface area contributed by atoms with Crippen LogP contribution in [0.4, 0.5) is 14.5 Å². The number of ether oxygens (including phenoxy) is 2. The molecule has 5 rings (SSSR count). The van der Waals surface area contributed by atoms with Crippen molar-refractivity contribution in [3.05, 3.63) is 95.6 Å². The average Bonchev–Trinajstić information content (AvgIpc) is 2.97. The Hall–Kier alpha value is -3.94. The zero-order valence-corrected chi connectivity index (χ0v) is 22.0. The number of aromatic hydroxyl groups is 1. The summed E-state index contributed by atoms with van der Waals surface area (Å²) >= 11 is 0. The largest absolute Gasteiger partial charge is 0.508 e. The van der Waals surface area contributed by atoms with E-state index in [1.807, 2.05) is 0 Å². The molecule has 0 aliphatic carbocycles. The molecule has 2 saturated heterocycles. The summed E-state index contributed by atoms with van der Waals surface area (Å²) in [5.41, 5.74) is 1.63. The second-order valence-electron chi connectivity index (χ2n) is 10.3. The average molecular weight is 586 g/mol. The first-order valence-corrected chi connectivity index (χ1v) is 13.3. The van der Waals surface area contributed by atoms with Crippen molar-refractivity contribution in [1.29, 1.82) is 0 Å². The molecule has 2 heterocycles. The molecule has 8 atom stereocenters. The SMILES string of the molecule is O=C(O)C1O[C@@H](O[C@@H](CC[C@H]2C(=O)N(c3ccc(F)cc3)[C@@H]2c2ccc(O)cc2)c2ccc(F)cc2)[C@@H](O)[C@@H](O)[C@@H]1O. The number of carboxylic acid groups (broad SMARTS) is 1. The zero-order chi connectivity index (χ0) is 30.1. The van der Waals surface area contributed by atoms with Gasteiger partial charge in [0.25, 0.3) is 0 Å². The van der Waals surface area contributed by atoms with E-state index in [0.29, 0.717) is 16.8 Å². The summed E-state index contributed by atoms with van der Waals surface area (Å²) in [5.74, 6) is -3.36. The van der Waals surface area contributed by atoms with Crippen LogP contribution in [0.5, 0.6) is 5.75 Å². The number of hydrogen-bond acceptors (Lipinski definition) is 8. The fraction of sp³-hybridized carbons (Fsp3) is 0.333. The first-order chi connectivity index (χ1) is 20.0. The number of phenols is 1. The van der Waals surface area contributed by atoms with Crippen molar-refractivity contribution < 1.29 is 53.4 Å². The number of aliphatic hydroxyl groups is 3. The first kappa shape index (κ1) is 29.5. The molecule has 42 heavy (non-hydrogen) atoms. The minimum Gasteiger partial charge on any atom is -0.508 e. The fourth-order valence-electron chi connectivity index (χ4n) is 5.42. The van der Waals surface area contributed by atoms with Crippen LogP contribution in [0.3, 0.4) is 0 Å². The van der Waals surface area contributed by atoms with Crippen LogP contribution in [-0.4, -0.2) is 68.1 Å². The Morgan fingerprint density at radius 3 is 2.07 bits per heavy atom. The highest BCUT2D eigenvalue weighted by Gasteiger charge is 2.50. The van der Waals surface area contributed by atoms with Gasteiger partial charge in [-0.05, 0) is 72.5 Å². The molecule has 0 aromatic heterocycles. The Bertz CT molecular complexity index is 1400. The number of carboxylic acids is 1. The van der Waals surface area contributed by atoms with Crippen LogP contribution in [0.25, 0.3) is 0 Å². The van der Waals surface area contributed by atoms with E-state index in [-0.39, 0.29) is 24.5 Å². The second kappa shape index (κ2) is 12.1. The van der Waals surface area contributed by atoms with Crippen LogP contribution in [-0.2, 0) is 19.1 Å². The number of hydrogen-bond donors (Lipinski definition) is 5. The molecule has 0 spiro atoms. The molecular weight excluding hydrogens is 556 g/mol. The summed E-state index contributed by atoms with van der Waals surface area (Å²) in [5, 5.41) is 49.9. The summed E-state index contributed by atoms with van der Waals surface area (Å²) in [4.78, 5) is 26.5. The number of β-lactam (4-membered cyclic amide) rings is 1. The lowest BCUT2D eigenvalue weighted by atomic mass is 9.78. The first-order valence-electron chi connectivity index (χ1n) is 13.3. The molecule has 0 bridgehead atoms. The molecule has 2 fully saturated rings. The molecule has 2 aliphatic rings. The summed E-state index contributed by atoms with van der Waals surface area (Å²) in [6.07, 6.45) is -9.75. The lowest BCUT2D eigenvalue weighted by Gasteiger charge is -2.48. The number of aliphatic hydroxyl groups excluding tert-OH is 3. The van der Waals surface area contributed by atoms with Gasteiger partial charge in [-0.1, -0.05) is 24.3 Å². The van der Waals surface area contributed by atoms with Crippen molar-refractivity contribution in [2.24, 2.45) is 5.92 Å². The second-order valence-corrected chi connectivity index (χ2v) is 10.3. The van der Waals surface area contributed by atoms with Gasteiger partial charge in [0.2, 0.25) is 5.91 Å². The molecule has 5 N–H and O–H groups in total.